The number of alkyl carbamates (subject to hydrolysis) is 1. The van der Waals surface area contributed by atoms with E-state index in [1.165, 1.54) is 18.3 Å². The molecule has 4 aromatic rings. The lowest BCUT2D eigenvalue weighted by Crippen LogP contribution is -2.58. The van der Waals surface area contributed by atoms with Gasteiger partial charge in [-0.15, -0.1) is 0 Å². The maximum Gasteiger partial charge on any atom is 0.407 e. The fourth-order valence-corrected chi connectivity index (χ4v) is 8.88. The number of sulfonamides is 1. The number of benzene rings is 1. The minimum Gasteiger partial charge on any atom is -0.484 e. The van der Waals surface area contributed by atoms with Crippen molar-refractivity contribution >= 4 is 55.9 Å². The Hall–Kier alpha value is -5.38. The van der Waals surface area contributed by atoms with Gasteiger partial charge in [-0.25, -0.2) is 18.2 Å². The van der Waals surface area contributed by atoms with Crippen LogP contribution in [0.3, 0.4) is 0 Å². The fraction of sp³-hybridized carbons (Fsp3) is 0.447. The van der Waals surface area contributed by atoms with Gasteiger partial charge < -0.3 is 33.8 Å². The number of para-hydroxylation sites is 1. The maximum atomic E-state index is 14.4. The molecule has 2 saturated carbocycles. The Bertz CT molecular complexity index is 2250. The van der Waals surface area contributed by atoms with Gasteiger partial charge >= 0.3 is 6.09 Å². The number of hydrogen-bond acceptors (Lipinski definition) is 11. The molecule has 3 fully saturated rings. The first-order valence-corrected chi connectivity index (χ1v) is 19.8. The number of carbonyl (C=O) groups is 4. The summed E-state index contributed by atoms with van der Waals surface area (Å²) < 4.78 is 51.2. The van der Waals surface area contributed by atoms with E-state index in [9.17, 15) is 27.6 Å². The molecule has 1 aromatic carbocycles. The highest BCUT2D eigenvalue weighted by Crippen LogP contribution is 2.46. The number of nitrogens with one attached hydrogen (secondary N) is 3. The van der Waals surface area contributed by atoms with Gasteiger partial charge in [0.15, 0.2) is 17.1 Å². The topological polar surface area (TPSA) is 199 Å². The summed E-state index contributed by atoms with van der Waals surface area (Å²) in [6, 6.07) is 10.5. The van der Waals surface area contributed by atoms with E-state index in [0.29, 0.717) is 66.0 Å². The van der Waals surface area contributed by atoms with Gasteiger partial charge in [0.1, 0.15) is 40.5 Å². The molecule has 0 bridgehead atoms. The molecule has 4 aliphatic rings. The molecule has 0 radical (unpaired) electrons. The van der Waals surface area contributed by atoms with Crippen LogP contribution in [0.5, 0.6) is 5.75 Å². The van der Waals surface area contributed by atoms with Crippen LogP contribution in [0, 0.1) is 5.92 Å². The highest BCUT2D eigenvalue weighted by Gasteiger charge is 2.62. The van der Waals surface area contributed by atoms with Crippen molar-refractivity contribution in [3.05, 3.63) is 60.9 Å². The normalized spacial score (nSPS) is 26.3. The van der Waals surface area contributed by atoms with Gasteiger partial charge in [0.25, 0.3) is 5.91 Å². The predicted molar refractivity (Wildman–Crippen MR) is 194 cm³/mol. The van der Waals surface area contributed by atoms with Crippen molar-refractivity contribution in [1.82, 2.24) is 25.2 Å². The Morgan fingerprint density at radius 2 is 1.91 bits per heavy atom. The van der Waals surface area contributed by atoms with Gasteiger partial charge in [0.05, 0.1) is 25.2 Å². The van der Waals surface area contributed by atoms with Crippen molar-refractivity contribution in [2.75, 3.05) is 13.7 Å². The van der Waals surface area contributed by atoms with E-state index < -0.39 is 68.7 Å². The van der Waals surface area contributed by atoms with E-state index in [1.54, 1.807) is 18.2 Å². The van der Waals surface area contributed by atoms with Crippen LogP contribution in [-0.4, -0.2) is 84.7 Å². The number of methoxy groups -OCH3 is 1. The van der Waals surface area contributed by atoms with Crippen molar-refractivity contribution in [3.8, 4) is 17.2 Å². The monoisotopic (exact) mass is 759 g/mol. The SMILES string of the molecule is COC(=O)N[C@H]1CCCCCC=C[C@@H]2C[C@@]2(C(=O)NS(=O)(=O)C2CC2)NC(=O)[C@@H]2C[C@@H](Oc3cc(-c4ccco4)nc4c3oc3ccccc34)CN2C1=O. The summed E-state index contributed by atoms with van der Waals surface area (Å²) in [6.45, 7) is -0.0466. The second-order valence-corrected chi connectivity index (χ2v) is 16.4. The number of pyridine rings is 1. The largest absolute Gasteiger partial charge is 0.484 e. The number of aromatic nitrogens is 1. The van der Waals surface area contributed by atoms with E-state index in [1.807, 2.05) is 36.4 Å². The molecule has 16 heteroatoms. The number of amides is 4. The van der Waals surface area contributed by atoms with Crippen LogP contribution >= 0.6 is 0 Å². The van der Waals surface area contributed by atoms with E-state index in [2.05, 4.69) is 15.4 Å². The first kappa shape index (κ1) is 35.6. The number of furan rings is 2. The highest BCUT2D eigenvalue weighted by atomic mass is 32.2. The molecule has 8 rings (SSSR count). The molecule has 3 aromatic heterocycles. The van der Waals surface area contributed by atoms with Gasteiger partial charge in [-0.3, -0.25) is 19.1 Å². The first-order chi connectivity index (χ1) is 26.1. The maximum absolute atomic E-state index is 14.4. The minimum atomic E-state index is -3.90. The standard InChI is InChI=1S/C38H41N5O10S/c1-50-37(47)40-26-12-6-4-2-3-5-10-22-20-38(22,36(46)42-54(48,49)24-15-16-24)41-34(44)28-18-23(21-43(28)35(26)45)52-31-19-27(30-14-9-17-51-30)39-32-25-11-7-8-13-29(25)53-33(31)32/h5,7-11,13-14,17,19,22-24,26,28H,2-4,6,12,15-16,18,20-21H2,1H3,(H,40,47)(H,41,44)(H,42,46)/t22-,23-,26+,28+,38-/m1/s1. The van der Waals surface area contributed by atoms with Gasteiger partial charge in [-0.2, -0.15) is 0 Å². The van der Waals surface area contributed by atoms with E-state index >= 15 is 0 Å². The Kier molecular flexibility index (Phi) is 9.32. The number of rotatable bonds is 7. The van der Waals surface area contributed by atoms with Gasteiger partial charge in [0, 0.05) is 23.8 Å². The van der Waals surface area contributed by atoms with Crippen molar-refractivity contribution in [1.29, 1.82) is 0 Å². The number of carbonyl (C=O) groups excluding carboxylic acids is 4. The number of ether oxygens (including phenoxy) is 2. The van der Waals surface area contributed by atoms with Crippen molar-refractivity contribution in [3.63, 3.8) is 0 Å². The van der Waals surface area contributed by atoms with Crippen LogP contribution in [0.25, 0.3) is 33.5 Å². The number of allylic oxidation sites excluding steroid dienone is 1. The van der Waals surface area contributed by atoms with Crippen molar-refractivity contribution in [2.45, 2.75) is 86.8 Å². The molecule has 2 aliphatic heterocycles. The Morgan fingerprint density at radius 3 is 2.69 bits per heavy atom. The minimum absolute atomic E-state index is 0.0151. The average Bonchev–Trinajstić information content (AvgIpc) is 3.95. The molecule has 0 spiro atoms. The summed E-state index contributed by atoms with van der Waals surface area (Å²) in [5, 5.41) is 5.64. The van der Waals surface area contributed by atoms with E-state index in [4.69, 9.17) is 23.3 Å². The van der Waals surface area contributed by atoms with Crippen LogP contribution in [-0.2, 0) is 29.1 Å². The number of hydrogen-bond donors (Lipinski definition) is 3. The smallest absolute Gasteiger partial charge is 0.407 e. The Balaban J connectivity index is 1.14. The van der Waals surface area contributed by atoms with Crippen LogP contribution in [0.1, 0.15) is 57.8 Å². The number of nitrogens with zero attached hydrogens (tertiary/aromatic N) is 2. The first-order valence-electron chi connectivity index (χ1n) is 18.3. The lowest BCUT2D eigenvalue weighted by atomic mass is 10.1. The van der Waals surface area contributed by atoms with Crippen molar-refractivity contribution < 1.29 is 45.9 Å². The lowest BCUT2D eigenvalue weighted by Gasteiger charge is -2.29. The van der Waals surface area contributed by atoms with Crippen LogP contribution in [0.4, 0.5) is 4.79 Å². The zero-order valence-corrected chi connectivity index (χ0v) is 30.4. The summed E-state index contributed by atoms with van der Waals surface area (Å²) in [7, 11) is -2.69. The molecule has 1 saturated heterocycles. The zero-order chi connectivity index (χ0) is 37.6. The second-order valence-electron chi connectivity index (χ2n) is 14.4. The molecular weight excluding hydrogens is 719 g/mol. The Morgan fingerprint density at radius 1 is 1.07 bits per heavy atom. The van der Waals surface area contributed by atoms with Crippen LogP contribution in [0.2, 0.25) is 0 Å². The molecular formula is C38H41N5O10S. The van der Waals surface area contributed by atoms with Gasteiger partial charge in [0.2, 0.25) is 21.8 Å². The molecule has 5 atom stereocenters. The predicted octanol–water partition coefficient (Wildman–Crippen LogP) is 4.32. The van der Waals surface area contributed by atoms with Crippen LogP contribution < -0.4 is 20.1 Å². The fourth-order valence-electron chi connectivity index (χ4n) is 7.52. The Labute approximate surface area is 310 Å². The molecule has 4 amide bonds. The molecule has 15 nitrogen and oxygen atoms in total. The zero-order valence-electron chi connectivity index (χ0n) is 29.6. The second kappa shape index (κ2) is 14.1. The van der Waals surface area contributed by atoms with E-state index in [0.717, 1.165) is 18.2 Å². The average molecular weight is 760 g/mol. The molecule has 2 aliphatic carbocycles. The lowest BCUT2D eigenvalue weighted by molar-refractivity contribution is -0.141. The number of fused-ring (bicyclic) bond motifs is 5. The molecule has 54 heavy (non-hydrogen) atoms. The molecule has 5 heterocycles. The summed E-state index contributed by atoms with van der Waals surface area (Å²) >= 11 is 0. The molecule has 0 unspecified atom stereocenters. The highest BCUT2D eigenvalue weighted by molar-refractivity contribution is 7.91. The molecule has 3 N–H and O–H groups in total. The quantitative estimate of drug-likeness (QED) is 0.227. The third-order valence-corrected chi connectivity index (χ3v) is 12.5. The summed E-state index contributed by atoms with van der Waals surface area (Å²) in [4.78, 5) is 61.1. The van der Waals surface area contributed by atoms with Crippen molar-refractivity contribution in [2.24, 2.45) is 5.92 Å². The van der Waals surface area contributed by atoms with Gasteiger partial charge in [-0.05, 0) is 62.8 Å². The summed E-state index contributed by atoms with van der Waals surface area (Å²) in [5.41, 5.74) is 0.473. The summed E-state index contributed by atoms with van der Waals surface area (Å²) in [5.74, 6) is -1.58. The van der Waals surface area contributed by atoms with Crippen LogP contribution in [0.15, 0.2) is 69.7 Å². The van der Waals surface area contributed by atoms with Gasteiger partial charge in [-0.1, -0.05) is 37.1 Å². The third kappa shape index (κ3) is 6.90. The van der Waals surface area contributed by atoms with E-state index in [-0.39, 0.29) is 19.4 Å². The third-order valence-electron chi connectivity index (χ3n) is 10.7. The molecule has 284 valence electrons. The summed E-state index contributed by atoms with van der Waals surface area (Å²) in [6.07, 6.45) is 8.09.